The monoisotopic (exact) mass is 306 g/mol. The fraction of sp³-hybridized carbons (Fsp3) is 0.333. The number of nitrogens with zero attached hydrogens (tertiary/aromatic N) is 1. The van der Waals surface area contributed by atoms with Gasteiger partial charge in [0.15, 0.2) is 0 Å². The van der Waals surface area contributed by atoms with Crippen LogP contribution < -0.4 is 5.56 Å². The number of halogens is 1. The summed E-state index contributed by atoms with van der Waals surface area (Å²) in [6.07, 6.45) is 1.54. The average Bonchev–Trinajstić information content (AvgIpc) is 2.91. The summed E-state index contributed by atoms with van der Waals surface area (Å²) in [5.74, 6) is 0.554. The van der Waals surface area contributed by atoms with E-state index in [1.54, 1.807) is 24.3 Å². The lowest BCUT2D eigenvalue weighted by atomic mass is 10.0. The van der Waals surface area contributed by atoms with Gasteiger partial charge in [0.05, 0.1) is 0 Å². The summed E-state index contributed by atoms with van der Waals surface area (Å²) in [7, 11) is 0. The molecule has 1 aliphatic rings. The first-order valence-electron chi connectivity index (χ1n) is 6.79. The van der Waals surface area contributed by atoms with E-state index in [-0.39, 0.29) is 17.0 Å². The number of aromatic hydroxyl groups is 1. The van der Waals surface area contributed by atoms with Crippen LogP contribution in [0.25, 0.3) is 11.1 Å². The first-order chi connectivity index (χ1) is 10.1. The van der Waals surface area contributed by atoms with Gasteiger partial charge in [-0.2, -0.15) is 4.98 Å². The Labute approximate surface area is 126 Å². The molecule has 2 heterocycles. The summed E-state index contributed by atoms with van der Waals surface area (Å²) in [4.78, 5) is 19.1. The Morgan fingerprint density at radius 1 is 1.48 bits per heavy atom. The summed E-state index contributed by atoms with van der Waals surface area (Å²) in [5.41, 5.74) is 0.326. The number of H-pyrrole nitrogens is 1. The zero-order chi connectivity index (χ0) is 14.8. The van der Waals surface area contributed by atoms with Gasteiger partial charge < -0.3 is 14.8 Å². The van der Waals surface area contributed by atoms with E-state index in [1.807, 2.05) is 0 Å². The molecule has 2 N–H and O–H groups in total. The molecule has 1 unspecified atom stereocenters. The Hall–Kier alpha value is -1.85. The zero-order valence-corrected chi connectivity index (χ0v) is 12.1. The largest absolute Gasteiger partial charge is 0.493 e. The minimum Gasteiger partial charge on any atom is -0.493 e. The molecule has 1 fully saturated rings. The molecular formula is C15H15ClN2O3. The van der Waals surface area contributed by atoms with Gasteiger partial charge in [0.25, 0.3) is 5.56 Å². The molecule has 1 saturated heterocycles. The number of aromatic nitrogens is 2. The smallest absolute Gasteiger partial charge is 0.262 e. The second-order valence-corrected chi connectivity index (χ2v) is 5.59. The van der Waals surface area contributed by atoms with Crippen LogP contribution >= 0.6 is 11.6 Å². The van der Waals surface area contributed by atoms with E-state index < -0.39 is 0 Å². The van der Waals surface area contributed by atoms with Crippen molar-refractivity contribution in [2.24, 2.45) is 5.92 Å². The molecule has 1 atom stereocenters. The average molecular weight is 307 g/mol. The van der Waals surface area contributed by atoms with Crippen LogP contribution in [0.2, 0.25) is 5.02 Å². The molecule has 0 bridgehead atoms. The second-order valence-electron chi connectivity index (χ2n) is 5.16. The SMILES string of the molecule is O=c1[nH]c(CC2CCOC2)nc(O)c1-c1cccc(Cl)c1. The summed E-state index contributed by atoms with van der Waals surface area (Å²) in [5, 5.41) is 10.6. The Balaban J connectivity index is 1.94. The molecule has 3 rings (SSSR count). The van der Waals surface area contributed by atoms with Crippen molar-refractivity contribution in [3.8, 4) is 17.0 Å². The van der Waals surface area contributed by atoms with Crippen LogP contribution in [0.1, 0.15) is 12.2 Å². The molecule has 110 valence electrons. The Morgan fingerprint density at radius 3 is 3.00 bits per heavy atom. The number of nitrogens with one attached hydrogen (secondary N) is 1. The lowest BCUT2D eigenvalue weighted by Crippen LogP contribution is -2.16. The van der Waals surface area contributed by atoms with E-state index >= 15 is 0 Å². The number of benzene rings is 1. The summed E-state index contributed by atoms with van der Waals surface area (Å²) < 4.78 is 5.30. The van der Waals surface area contributed by atoms with Crippen molar-refractivity contribution < 1.29 is 9.84 Å². The summed E-state index contributed by atoms with van der Waals surface area (Å²) >= 11 is 5.92. The Bertz CT molecular complexity index is 708. The third-order valence-electron chi connectivity index (χ3n) is 3.57. The van der Waals surface area contributed by atoms with Crippen LogP contribution in [0, 0.1) is 5.92 Å². The standard InChI is InChI=1S/C15H15ClN2O3/c16-11-3-1-2-10(7-11)13-14(19)17-12(18-15(13)20)6-9-4-5-21-8-9/h1-3,7,9H,4-6,8H2,(H2,17,18,19,20). The molecule has 6 heteroatoms. The number of ether oxygens (including phenoxy) is 1. The highest BCUT2D eigenvalue weighted by Gasteiger charge is 2.19. The van der Waals surface area contributed by atoms with Gasteiger partial charge in [0.2, 0.25) is 5.88 Å². The molecular weight excluding hydrogens is 292 g/mol. The molecule has 0 saturated carbocycles. The van der Waals surface area contributed by atoms with Crippen molar-refractivity contribution in [2.75, 3.05) is 13.2 Å². The van der Waals surface area contributed by atoms with Gasteiger partial charge in [0, 0.05) is 24.7 Å². The van der Waals surface area contributed by atoms with Crippen molar-refractivity contribution in [1.29, 1.82) is 0 Å². The third-order valence-corrected chi connectivity index (χ3v) is 3.80. The highest BCUT2D eigenvalue weighted by atomic mass is 35.5. The number of hydrogen-bond donors (Lipinski definition) is 2. The maximum atomic E-state index is 12.2. The highest BCUT2D eigenvalue weighted by molar-refractivity contribution is 6.30. The lowest BCUT2D eigenvalue weighted by Gasteiger charge is -2.09. The molecule has 5 nitrogen and oxygen atoms in total. The van der Waals surface area contributed by atoms with Crippen molar-refractivity contribution in [3.05, 3.63) is 45.5 Å². The maximum Gasteiger partial charge on any atom is 0.262 e. The van der Waals surface area contributed by atoms with Crippen LogP contribution in [0.3, 0.4) is 0 Å². The van der Waals surface area contributed by atoms with Crippen LogP contribution in [-0.4, -0.2) is 28.3 Å². The van der Waals surface area contributed by atoms with Crippen molar-refractivity contribution >= 4 is 11.6 Å². The summed E-state index contributed by atoms with van der Waals surface area (Å²) in [6, 6.07) is 6.76. The van der Waals surface area contributed by atoms with Crippen LogP contribution in [0.4, 0.5) is 0 Å². The highest BCUT2D eigenvalue weighted by Crippen LogP contribution is 2.26. The zero-order valence-electron chi connectivity index (χ0n) is 11.3. The van der Waals surface area contributed by atoms with Gasteiger partial charge in [-0.05, 0) is 30.0 Å². The predicted molar refractivity (Wildman–Crippen MR) is 79.6 cm³/mol. The van der Waals surface area contributed by atoms with Gasteiger partial charge >= 0.3 is 0 Å². The van der Waals surface area contributed by atoms with Crippen molar-refractivity contribution in [1.82, 2.24) is 9.97 Å². The van der Waals surface area contributed by atoms with Crippen molar-refractivity contribution in [2.45, 2.75) is 12.8 Å². The molecule has 1 aromatic carbocycles. The number of rotatable bonds is 3. The van der Waals surface area contributed by atoms with E-state index in [4.69, 9.17) is 16.3 Å². The fourth-order valence-corrected chi connectivity index (χ4v) is 2.72. The molecule has 0 aliphatic carbocycles. The van der Waals surface area contributed by atoms with Gasteiger partial charge in [-0.3, -0.25) is 4.79 Å². The van der Waals surface area contributed by atoms with E-state index in [1.165, 1.54) is 0 Å². The topological polar surface area (TPSA) is 75.2 Å². The van der Waals surface area contributed by atoms with E-state index in [0.717, 1.165) is 13.0 Å². The van der Waals surface area contributed by atoms with Gasteiger partial charge in [-0.15, -0.1) is 0 Å². The van der Waals surface area contributed by atoms with Gasteiger partial charge in [0.1, 0.15) is 11.4 Å². The second kappa shape index (κ2) is 5.87. The molecule has 1 aliphatic heterocycles. The lowest BCUT2D eigenvalue weighted by molar-refractivity contribution is 0.185. The number of aromatic amines is 1. The molecule has 0 radical (unpaired) electrons. The number of hydrogen-bond acceptors (Lipinski definition) is 4. The molecule has 21 heavy (non-hydrogen) atoms. The maximum absolute atomic E-state index is 12.2. The molecule has 0 amide bonds. The van der Waals surface area contributed by atoms with Gasteiger partial charge in [-0.25, -0.2) is 0 Å². The Morgan fingerprint density at radius 2 is 2.33 bits per heavy atom. The Kier molecular flexibility index (Phi) is 3.94. The third kappa shape index (κ3) is 3.09. The fourth-order valence-electron chi connectivity index (χ4n) is 2.53. The first kappa shape index (κ1) is 14.1. The molecule has 2 aromatic rings. The minimum atomic E-state index is -0.362. The van der Waals surface area contributed by atoms with E-state index in [0.29, 0.717) is 35.4 Å². The summed E-state index contributed by atoms with van der Waals surface area (Å²) in [6.45, 7) is 1.40. The normalized spacial score (nSPS) is 18.0. The predicted octanol–water partition coefficient (Wildman–Crippen LogP) is 2.37. The van der Waals surface area contributed by atoms with Crippen LogP contribution in [0.15, 0.2) is 29.1 Å². The first-order valence-corrected chi connectivity index (χ1v) is 7.17. The van der Waals surface area contributed by atoms with E-state index in [9.17, 15) is 9.90 Å². The van der Waals surface area contributed by atoms with Crippen molar-refractivity contribution in [3.63, 3.8) is 0 Å². The molecule has 0 spiro atoms. The molecule has 1 aromatic heterocycles. The van der Waals surface area contributed by atoms with Gasteiger partial charge in [-0.1, -0.05) is 23.7 Å². The van der Waals surface area contributed by atoms with E-state index in [2.05, 4.69) is 9.97 Å². The van der Waals surface area contributed by atoms with Crippen LogP contribution in [-0.2, 0) is 11.2 Å². The quantitative estimate of drug-likeness (QED) is 0.913. The van der Waals surface area contributed by atoms with Crippen LogP contribution in [0.5, 0.6) is 5.88 Å². The minimum absolute atomic E-state index is 0.143.